The minimum Gasteiger partial charge on any atom is -0.302 e. The first kappa shape index (κ1) is 9.20. The van der Waals surface area contributed by atoms with Crippen LogP contribution in [-0.4, -0.2) is 23.5 Å². The maximum Gasteiger partial charge on any atom is 0.0417 e. The van der Waals surface area contributed by atoms with Gasteiger partial charge in [0.15, 0.2) is 0 Å². The summed E-state index contributed by atoms with van der Waals surface area (Å²) < 4.78 is 0. The molecule has 12 heavy (non-hydrogen) atoms. The third-order valence-electron chi connectivity index (χ3n) is 2.10. The van der Waals surface area contributed by atoms with Gasteiger partial charge < -0.3 is 4.90 Å². The van der Waals surface area contributed by atoms with Crippen LogP contribution in [0.1, 0.15) is 18.2 Å². The Morgan fingerprint density at radius 3 is 2.83 bits per heavy atom. The van der Waals surface area contributed by atoms with Crippen LogP contribution in [0, 0.1) is 6.92 Å². The molecule has 0 saturated carbocycles. The van der Waals surface area contributed by atoms with Crippen LogP contribution in [0.3, 0.4) is 0 Å². The lowest BCUT2D eigenvalue weighted by Gasteiger charge is -2.14. The van der Waals surface area contributed by atoms with Gasteiger partial charge >= 0.3 is 0 Å². The van der Waals surface area contributed by atoms with E-state index in [9.17, 15) is 0 Å². The summed E-state index contributed by atoms with van der Waals surface area (Å²) in [6.45, 7) is 6.29. The van der Waals surface area contributed by atoms with E-state index >= 15 is 0 Å². The van der Waals surface area contributed by atoms with Crippen molar-refractivity contribution in [2.24, 2.45) is 0 Å². The van der Waals surface area contributed by atoms with Gasteiger partial charge in [0.2, 0.25) is 0 Å². The molecule has 0 N–H and O–H groups in total. The number of aryl methyl sites for hydroxylation is 1. The van der Waals surface area contributed by atoms with Gasteiger partial charge in [-0.3, -0.25) is 4.98 Å². The molecule has 0 aromatic carbocycles. The summed E-state index contributed by atoms with van der Waals surface area (Å²) in [5.41, 5.74) is 2.46. The van der Waals surface area contributed by atoms with E-state index in [0.717, 1.165) is 18.8 Å². The van der Waals surface area contributed by atoms with Gasteiger partial charge in [-0.2, -0.15) is 0 Å². The Hall–Kier alpha value is -0.890. The highest BCUT2D eigenvalue weighted by Crippen LogP contribution is 2.05. The molecule has 0 radical (unpaired) electrons. The van der Waals surface area contributed by atoms with Crippen LogP contribution in [-0.2, 0) is 6.54 Å². The highest BCUT2D eigenvalue weighted by molar-refractivity contribution is 5.17. The highest BCUT2D eigenvalue weighted by atomic mass is 15.1. The summed E-state index contributed by atoms with van der Waals surface area (Å²) in [5.74, 6) is 0. The van der Waals surface area contributed by atoms with E-state index in [1.807, 2.05) is 12.3 Å². The molecule has 0 aliphatic heterocycles. The third-order valence-corrected chi connectivity index (χ3v) is 2.10. The van der Waals surface area contributed by atoms with Crippen molar-refractivity contribution >= 4 is 0 Å². The zero-order valence-corrected chi connectivity index (χ0v) is 8.04. The van der Waals surface area contributed by atoms with E-state index in [-0.39, 0.29) is 0 Å². The van der Waals surface area contributed by atoms with Gasteiger partial charge in [0.25, 0.3) is 0 Å². The number of hydrogen-bond donors (Lipinski definition) is 0. The molecular formula is C10H16N2. The lowest BCUT2D eigenvalue weighted by atomic mass is 10.2. The molecule has 0 aliphatic rings. The summed E-state index contributed by atoms with van der Waals surface area (Å²) in [4.78, 5) is 6.51. The molecule has 0 saturated heterocycles. The molecule has 0 spiro atoms. The number of pyridine rings is 1. The number of aromatic nitrogens is 1. The Morgan fingerprint density at radius 1 is 1.50 bits per heavy atom. The molecule has 1 heterocycles. The fourth-order valence-corrected chi connectivity index (χ4v) is 1.09. The second-order valence-electron chi connectivity index (χ2n) is 3.08. The molecule has 0 fully saturated rings. The smallest absolute Gasteiger partial charge is 0.0417 e. The zero-order valence-electron chi connectivity index (χ0n) is 8.04. The average Bonchev–Trinajstić information content (AvgIpc) is 2.09. The molecule has 0 aliphatic carbocycles. The fraction of sp³-hybridized carbons (Fsp3) is 0.500. The van der Waals surface area contributed by atoms with Gasteiger partial charge in [0, 0.05) is 18.4 Å². The first-order valence-electron chi connectivity index (χ1n) is 4.33. The Morgan fingerprint density at radius 2 is 2.25 bits per heavy atom. The quantitative estimate of drug-likeness (QED) is 0.677. The average molecular weight is 164 g/mol. The normalized spacial score (nSPS) is 10.7. The molecule has 1 aromatic rings. The molecule has 66 valence electrons. The Kier molecular flexibility index (Phi) is 3.23. The molecule has 0 bridgehead atoms. The van der Waals surface area contributed by atoms with E-state index in [2.05, 4.69) is 36.8 Å². The van der Waals surface area contributed by atoms with Crippen molar-refractivity contribution in [1.29, 1.82) is 0 Å². The lowest BCUT2D eigenvalue weighted by Crippen LogP contribution is -2.17. The van der Waals surface area contributed by atoms with Crippen LogP contribution >= 0.6 is 0 Å². The molecule has 2 heteroatoms. The lowest BCUT2D eigenvalue weighted by molar-refractivity contribution is 0.344. The van der Waals surface area contributed by atoms with Gasteiger partial charge in [0.1, 0.15) is 0 Å². The second-order valence-corrected chi connectivity index (χ2v) is 3.08. The standard InChI is InChI=1S/C10H16N2/c1-4-12(3)8-10-6-5-7-11-9(10)2/h5-7H,4,8H2,1-3H3. The first-order valence-corrected chi connectivity index (χ1v) is 4.33. The predicted octanol–water partition coefficient (Wildman–Crippen LogP) is 1.84. The van der Waals surface area contributed by atoms with Crippen LogP contribution in [0.5, 0.6) is 0 Å². The van der Waals surface area contributed by atoms with Crippen molar-refractivity contribution in [1.82, 2.24) is 9.88 Å². The maximum absolute atomic E-state index is 4.24. The van der Waals surface area contributed by atoms with Crippen LogP contribution in [0.2, 0.25) is 0 Å². The minimum absolute atomic E-state index is 0.996. The van der Waals surface area contributed by atoms with Crippen molar-refractivity contribution in [2.75, 3.05) is 13.6 Å². The van der Waals surface area contributed by atoms with Gasteiger partial charge in [-0.25, -0.2) is 0 Å². The van der Waals surface area contributed by atoms with Crippen molar-refractivity contribution in [3.63, 3.8) is 0 Å². The van der Waals surface area contributed by atoms with Gasteiger partial charge in [-0.15, -0.1) is 0 Å². The van der Waals surface area contributed by atoms with Crippen LogP contribution < -0.4 is 0 Å². The van der Waals surface area contributed by atoms with E-state index in [0.29, 0.717) is 0 Å². The molecule has 1 aromatic heterocycles. The predicted molar refractivity (Wildman–Crippen MR) is 51.0 cm³/mol. The van der Waals surface area contributed by atoms with Crippen LogP contribution in [0.4, 0.5) is 0 Å². The van der Waals surface area contributed by atoms with Gasteiger partial charge in [0.05, 0.1) is 0 Å². The van der Waals surface area contributed by atoms with Gasteiger partial charge in [-0.05, 0) is 32.1 Å². The topological polar surface area (TPSA) is 16.1 Å². The third kappa shape index (κ3) is 2.31. The van der Waals surface area contributed by atoms with Crippen molar-refractivity contribution in [2.45, 2.75) is 20.4 Å². The number of nitrogens with zero attached hydrogens (tertiary/aromatic N) is 2. The summed E-state index contributed by atoms with van der Waals surface area (Å²) >= 11 is 0. The van der Waals surface area contributed by atoms with E-state index in [1.165, 1.54) is 5.56 Å². The Bertz CT molecular complexity index is 245. The molecule has 1 rings (SSSR count). The van der Waals surface area contributed by atoms with Crippen molar-refractivity contribution in [3.8, 4) is 0 Å². The SMILES string of the molecule is CCN(C)Cc1cccnc1C. The van der Waals surface area contributed by atoms with Gasteiger partial charge in [-0.1, -0.05) is 13.0 Å². The Labute approximate surface area is 74.2 Å². The van der Waals surface area contributed by atoms with Crippen molar-refractivity contribution < 1.29 is 0 Å². The van der Waals surface area contributed by atoms with Crippen LogP contribution in [0.15, 0.2) is 18.3 Å². The Balaban J connectivity index is 2.69. The highest BCUT2D eigenvalue weighted by Gasteiger charge is 2.00. The van der Waals surface area contributed by atoms with E-state index in [4.69, 9.17) is 0 Å². The fourth-order valence-electron chi connectivity index (χ4n) is 1.09. The van der Waals surface area contributed by atoms with Crippen LogP contribution in [0.25, 0.3) is 0 Å². The molecule has 0 atom stereocenters. The molecule has 0 unspecified atom stereocenters. The molecule has 2 nitrogen and oxygen atoms in total. The zero-order chi connectivity index (χ0) is 8.97. The largest absolute Gasteiger partial charge is 0.302 e. The van der Waals surface area contributed by atoms with E-state index in [1.54, 1.807) is 0 Å². The second kappa shape index (κ2) is 4.21. The monoisotopic (exact) mass is 164 g/mol. The first-order chi connectivity index (χ1) is 5.74. The summed E-state index contributed by atoms with van der Waals surface area (Å²) in [7, 11) is 2.12. The maximum atomic E-state index is 4.24. The summed E-state index contributed by atoms with van der Waals surface area (Å²) in [5, 5.41) is 0. The summed E-state index contributed by atoms with van der Waals surface area (Å²) in [6, 6.07) is 4.13. The molecule has 0 amide bonds. The molecular weight excluding hydrogens is 148 g/mol. The number of rotatable bonds is 3. The summed E-state index contributed by atoms with van der Waals surface area (Å²) in [6.07, 6.45) is 1.84. The van der Waals surface area contributed by atoms with E-state index < -0.39 is 0 Å². The number of hydrogen-bond acceptors (Lipinski definition) is 2. The minimum atomic E-state index is 0.996. The van der Waals surface area contributed by atoms with Crippen molar-refractivity contribution in [3.05, 3.63) is 29.6 Å².